The number of nitrogens with zero attached hydrogens (tertiary/aromatic N) is 1. The van der Waals surface area contributed by atoms with Crippen LogP contribution in [0.15, 0.2) is 66.9 Å². The number of amidine groups is 1. The third kappa shape index (κ3) is 6.05. The highest BCUT2D eigenvalue weighted by molar-refractivity contribution is 5.96. The Morgan fingerprint density at radius 1 is 1.10 bits per heavy atom. The number of ether oxygens (including phenoxy) is 1. The van der Waals surface area contributed by atoms with Crippen molar-refractivity contribution in [3.8, 4) is 5.75 Å². The van der Waals surface area contributed by atoms with Crippen molar-refractivity contribution >= 4 is 24.1 Å². The molecule has 3 aromatic rings. The Morgan fingerprint density at radius 2 is 1.93 bits per heavy atom. The van der Waals surface area contributed by atoms with Crippen LogP contribution in [0.1, 0.15) is 32.7 Å². The monoisotopic (exact) mass is 410 g/mol. The second-order valence-electron chi connectivity index (χ2n) is 6.40. The minimum absolute atomic E-state index is 0. The van der Waals surface area contributed by atoms with Crippen LogP contribution in [0, 0.1) is 12.3 Å². The number of nitrogen functional groups attached to an aromatic ring is 1. The first-order valence-corrected chi connectivity index (χ1v) is 8.88. The number of carbonyl (C=O) groups excluding carboxylic acids is 1. The molecule has 0 spiro atoms. The number of pyridine rings is 1. The van der Waals surface area contributed by atoms with Crippen molar-refractivity contribution in [2.24, 2.45) is 5.73 Å². The van der Waals surface area contributed by atoms with Gasteiger partial charge in [0.05, 0.1) is 5.69 Å². The molecule has 0 fully saturated rings. The average molecular weight is 411 g/mol. The van der Waals surface area contributed by atoms with Gasteiger partial charge in [0.1, 0.15) is 18.2 Å². The van der Waals surface area contributed by atoms with Gasteiger partial charge >= 0.3 is 0 Å². The molecule has 0 saturated carbocycles. The molecule has 0 bridgehead atoms. The maximum Gasteiger partial charge on any atom is 0.251 e. The highest BCUT2D eigenvalue weighted by Crippen LogP contribution is 2.22. The van der Waals surface area contributed by atoms with E-state index in [9.17, 15) is 4.79 Å². The standard InChI is InChI=1S/C22H22N4O2.ClH/c1-15-5-4-6-17(11-15)22(27)26-13-18-9-8-16(21(23)24)12-20(18)28-14-19-7-2-3-10-25-19;/h2-12H,13-14H2,1H3,(H3,23,24)(H,26,27);1H. The molecular formula is C22H23ClN4O2. The SMILES string of the molecule is Cc1cccc(C(=O)NCc2ccc(C(=N)N)cc2OCc2ccccn2)c1.Cl. The minimum atomic E-state index is -0.157. The predicted molar refractivity (Wildman–Crippen MR) is 116 cm³/mol. The van der Waals surface area contributed by atoms with E-state index in [1.165, 1.54) is 0 Å². The molecule has 150 valence electrons. The predicted octanol–water partition coefficient (Wildman–Crippen LogP) is 3.60. The second-order valence-corrected chi connectivity index (χ2v) is 6.40. The van der Waals surface area contributed by atoms with Gasteiger partial charge in [-0.3, -0.25) is 15.2 Å². The van der Waals surface area contributed by atoms with Gasteiger partial charge in [-0.2, -0.15) is 0 Å². The van der Waals surface area contributed by atoms with Crippen LogP contribution in [-0.4, -0.2) is 16.7 Å². The molecule has 0 aliphatic carbocycles. The highest BCUT2D eigenvalue weighted by atomic mass is 35.5. The summed E-state index contributed by atoms with van der Waals surface area (Å²) in [6, 6.07) is 18.3. The van der Waals surface area contributed by atoms with Gasteiger partial charge in [0.25, 0.3) is 5.91 Å². The molecular weight excluding hydrogens is 388 g/mol. The Bertz CT molecular complexity index is 993. The molecule has 1 amide bonds. The van der Waals surface area contributed by atoms with E-state index in [0.717, 1.165) is 16.8 Å². The number of nitrogens with two attached hydrogens (primary N) is 1. The van der Waals surface area contributed by atoms with Gasteiger partial charge in [-0.05, 0) is 37.3 Å². The number of hydrogen-bond acceptors (Lipinski definition) is 4. The van der Waals surface area contributed by atoms with Crippen LogP contribution in [-0.2, 0) is 13.2 Å². The molecule has 1 heterocycles. The van der Waals surface area contributed by atoms with Crippen molar-refractivity contribution in [1.29, 1.82) is 5.41 Å². The van der Waals surface area contributed by atoms with E-state index in [1.807, 2.05) is 43.3 Å². The molecule has 0 aliphatic heterocycles. The summed E-state index contributed by atoms with van der Waals surface area (Å²) in [6.07, 6.45) is 1.70. The lowest BCUT2D eigenvalue weighted by atomic mass is 10.1. The number of aryl methyl sites for hydroxylation is 1. The molecule has 4 N–H and O–H groups in total. The van der Waals surface area contributed by atoms with Crippen LogP contribution >= 0.6 is 12.4 Å². The van der Waals surface area contributed by atoms with Crippen molar-refractivity contribution in [2.75, 3.05) is 0 Å². The Hall–Kier alpha value is -3.38. The third-order valence-electron chi connectivity index (χ3n) is 4.20. The molecule has 2 aromatic carbocycles. The van der Waals surface area contributed by atoms with Gasteiger partial charge in [0.15, 0.2) is 0 Å². The average Bonchev–Trinajstić information content (AvgIpc) is 2.71. The normalized spacial score (nSPS) is 9.97. The van der Waals surface area contributed by atoms with E-state index in [4.69, 9.17) is 15.9 Å². The summed E-state index contributed by atoms with van der Waals surface area (Å²) in [7, 11) is 0. The fourth-order valence-corrected chi connectivity index (χ4v) is 2.70. The molecule has 0 unspecified atom stereocenters. The van der Waals surface area contributed by atoms with Gasteiger partial charge in [0, 0.05) is 29.4 Å². The molecule has 0 saturated heterocycles. The lowest BCUT2D eigenvalue weighted by Gasteiger charge is -2.14. The van der Waals surface area contributed by atoms with Crippen molar-refractivity contribution in [1.82, 2.24) is 10.3 Å². The number of amides is 1. The van der Waals surface area contributed by atoms with Crippen molar-refractivity contribution < 1.29 is 9.53 Å². The van der Waals surface area contributed by atoms with E-state index >= 15 is 0 Å². The highest BCUT2D eigenvalue weighted by Gasteiger charge is 2.11. The quantitative estimate of drug-likeness (QED) is 0.409. The molecule has 7 heteroatoms. The topological polar surface area (TPSA) is 101 Å². The number of halogens is 1. The van der Waals surface area contributed by atoms with Crippen LogP contribution < -0.4 is 15.8 Å². The number of benzene rings is 2. The summed E-state index contributed by atoms with van der Waals surface area (Å²) >= 11 is 0. The van der Waals surface area contributed by atoms with Crippen LogP contribution in [0.25, 0.3) is 0 Å². The zero-order valence-electron chi connectivity index (χ0n) is 16.0. The number of carbonyl (C=O) groups is 1. The maximum atomic E-state index is 12.4. The summed E-state index contributed by atoms with van der Waals surface area (Å²) in [5.74, 6) is 0.357. The molecule has 0 aliphatic rings. The summed E-state index contributed by atoms with van der Waals surface area (Å²) in [6.45, 7) is 2.52. The Morgan fingerprint density at radius 3 is 2.62 bits per heavy atom. The lowest BCUT2D eigenvalue weighted by Crippen LogP contribution is -2.23. The number of hydrogen-bond donors (Lipinski definition) is 3. The van der Waals surface area contributed by atoms with E-state index in [-0.39, 0.29) is 30.8 Å². The Labute approximate surface area is 176 Å². The van der Waals surface area contributed by atoms with Crippen molar-refractivity contribution in [3.63, 3.8) is 0 Å². The smallest absolute Gasteiger partial charge is 0.251 e. The zero-order valence-corrected chi connectivity index (χ0v) is 16.8. The maximum absolute atomic E-state index is 12.4. The van der Waals surface area contributed by atoms with E-state index in [2.05, 4.69) is 10.3 Å². The molecule has 6 nitrogen and oxygen atoms in total. The van der Waals surface area contributed by atoms with Gasteiger partial charge in [-0.25, -0.2) is 0 Å². The van der Waals surface area contributed by atoms with Crippen molar-refractivity contribution in [2.45, 2.75) is 20.1 Å². The number of aromatic nitrogens is 1. The van der Waals surface area contributed by atoms with Crippen molar-refractivity contribution in [3.05, 3.63) is 94.8 Å². The summed E-state index contributed by atoms with van der Waals surface area (Å²) in [4.78, 5) is 16.7. The first-order valence-electron chi connectivity index (χ1n) is 8.88. The fraction of sp³-hybridized carbons (Fsp3) is 0.136. The number of nitrogens with one attached hydrogen (secondary N) is 2. The summed E-state index contributed by atoms with van der Waals surface area (Å²) < 4.78 is 5.91. The van der Waals surface area contributed by atoms with E-state index in [0.29, 0.717) is 23.4 Å². The molecule has 1 aromatic heterocycles. The third-order valence-corrected chi connectivity index (χ3v) is 4.20. The van der Waals surface area contributed by atoms with E-state index < -0.39 is 0 Å². The second kappa shape index (κ2) is 10.2. The Kier molecular flexibility index (Phi) is 7.74. The largest absolute Gasteiger partial charge is 0.487 e. The molecule has 0 atom stereocenters. The molecule has 29 heavy (non-hydrogen) atoms. The van der Waals surface area contributed by atoms with Crippen LogP contribution in [0.2, 0.25) is 0 Å². The first kappa shape index (κ1) is 21.9. The fourth-order valence-electron chi connectivity index (χ4n) is 2.70. The van der Waals surface area contributed by atoms with Gasteiger partial charge in [-0.1, -0.05) is 35.9 Å². The minimum Gasteiger partial charge on any atom is -0.487 e. The summed E-state index contributed by atoms with van der Waals surface area (Å²) in [5.41, 5.74) is 9.37. The Balaban J connectivity index is 0.00000300. The molecule has 3 rings (SSSR count). The summed E-state index contributed by atoms with van der Waals surface area (Å²) in [5, 5.41) is 10.6. The number of rotatable bonds is 7. The van der Waals surface area contributed by atoms with Crippen LogP contribution in [0.4, 0.5) is 0 Å². The molecule has 0 radical (unpaired) electrons. The van der Waals surface area contributed by atoms with E-state index in [1.54, 1.807) is 30.5 Å². The van der Waals surface area contributed by atoms with Gasteiger partial charge in [0.2, 0.25) is 0 Å². The van der Waals surface area contributed by atoms with Crippen LogP contribution in [0.5, 0.6) is 5.75 Å². The first-order chi connectivity index (χ1) is 13.5. The van der Waals surface area contributed by atoms with Gasteiger partial charge in [-0.15, -0.1) is 12.4 Å². The zero-order chi connectivity index (χ0) is 19.9. The van der Waals surface area contributed by atoms with Gasteiger partial charge < -0.3 is 15.8 Å². The lowest BCUT2D eigenvalue weighted by molar-refractivity contribution is 0.0950. The van der Waals surface area contributed by atoms with Crippen LogP contribution in [0.3, 0.4) is 0 Å².